The van der Waals surface area contributed by atoms with Gasteiger partial charge in [0, 0.05) is 51.8 Å². The van der Waals surface area contributed by atoms with Gasteiger partial charge < -0.3 is 19.9 Å². The molecule has 4 aliphatic rings. The lowest BCUT2D eigenvalue weighted by Gasteiger charge is -2.37. The van der Waals surface area contributed by atoms with Crippen LogP contribution in [0.3, 0.4) is 0 Å². The normalized spacial score (nSPS) is 25.1. The third-order valence-corrected chi connectivity index (χ3v) is 11.9. The molecule has 56 heavy (non-hydrogen) atoms. The molecule has 3 saturated heterocycles. The number of allylic oxidation sites excluding steroid dienone is 2. The lowest BCUT2D eigenvalue weighted by molar-refractivity contribution is -0.152. The minimum absolute atomic E-state index is 0.0500. The van der Waals surface area contributed by atoms with Gasteiger partial charge in [0.25, 0.3) is 11.5 Å². The number of hydrogen-bond acceptors (Lipinski definition) is 10. The number of rotatable bonds is 10. The molecule has 15 heteroatoms. The van der Waals surface area contributed by atoms with E-state index in [1.54, 1.807) is 50.3 Å². The third kappa shape index (κ3) is 7.57. The zero-order valence-electron chi connectivity index (χ0n) is 31.7. The molecule has 7 rings (SSSR count). The molecule has 14 nitrogen and oxygen atoms in total. The Labute approximate surface area is 332 Å². The van der Waals surface area contributed by atoms with Crippen molar-refractivity contribution in [3.8, 4) is 0 Å². The van der Waals surface area contributed by atoms with Crippen LogP contribution in [0, 0.1) is 11.3 Å². The Hall–Kier alpha value is -5.41. The van der Waals surface area contributed by atoms with Crippen LogP contribution in [0.5, 0.6) is 0 Å². The fourth-order valence-corrected chi connectivity index (χ4v) is 8.60. The summed E-state index contributed by atoms with van der Waals surface area (Å²) < 4.78 is 7.88. The molecule has 2 N–H and O–H groups in total. The molecule has 1 aliphatic carbocycles. The van der Waals surface area contributed by atoms with E-state index in [0.29, 0.717) is 28.0 Å². The third-order valence-electron chi connectivity index (χ3n) is 11.2. The SMILES string of the molecule is CN1C[C@H](Nc2cnn(C)c(=O)c2Br)C[C@H](c2ccc(C(=O)N(C)Cc3ccc(COC4=CC=CC5(C)C(=O)N(C6CCC(=O)NC6=O)C(=O)C45)cc3)cc2)C1. The number of amides is 5. The molecule has 3 aliphatic heterocycles. The second-order valence-corrected chi connectivity index (χ2v) is 16.1. The number of halogens is 1. The van der Waals surface area contributed by atoms with Gasteiger partial charge in [0.1, 0.15) is 28.8 Å². The summed E-state index contributed by atoms with van der Waals surface area (Å²) >= 11 is 3.41. The molecule has 2 aromatic carbocycles. The summed E-state index contributed by atoms with van der Waals surface area (Å²) in [6.45, 7) is 3.88. The minimum atomic E-state index is -1.21. The van der Waals surface area contributed by atoms with Gasteiger partial charge >= 0.3 is 0 Å². The van der Waals surface area contributed by atoms with Crippen molar-refractivity contribution < 1.29 is 28.7 Å². The number of benzene rings is 2. The fraction of sp³-hybridized carbons (Fsp3) is 0.390. The van der Waals surface area contributed by atoms with Gasteiger partial charge in [-0.25, -0.2) is 4.68 Å². The molecule has 0 spiro atoms. The number of carbonyl (C=O) groups excluding carboxylic acids is 5. The number of hydrogen-bond donors (Lipinski definition) is 2. The summed E-state index contributed by atoms with van der Waals surface area (Å²) in [6, 6.07) is 14.5. The quantitative estimate of drug-likeness (QED) is 0.290. The molecule has 0 radical (unpaired) electrons. The summed E-state index contributed by atoms with van der Waals surface area (Å²) in [5.41, 5.74) is 2.75. The standard InChI is InChI=1S/C41H44BrN7O7/c1-41-17-5-6-32(34(41)38(53)49(40(41)55)31-15-16-33(50)45-36(31)51)56-23-25-9-7-24(8-10-25)20-47(3)37(52)27-13-11-26(12-14-27)28-18-29(22-46(2)21-28)44-30-19-43-48(4)39(54)35(30)42/h5-14,17,19,28-29,31,34,44H,15-16,18,20-23H2,1-4H3,(H,45,50,51)/t28-,29+,31?,34?,41?/m0/s1. The van der Waals surface area contributed by atoms with Crippen LogP contribution in [0.2, 0.25) is 0 Å². The summed E-state index contributed by atoms with van der Waals surface area (Å²) in [4.78, 5) is 82.1. The highest BCUT2D eigenvalue weighted by molar-refractivity contribution is 9.10. The maximum atomic E-state index is 13.6. The molecule has 5 amide bonds. The van der Waals surface area contributed by atoms with E-state index in [1.807, 2.05) is 48.5 Å². The molecular weight excluding hydrogens is 782 g/mol. The number of likely N-dealkylation sites (N-methyl/N-ethyl adjacent to an activating group) is 1. The van der Waals surface area contributed by atoms with E-state index < -0.39 is 41.0 Å². The fourth-order valence-electron chi connectivity index (χ4n) is 8.13. The van der Waals surface area contributed by atoms with E-state index >= 15 is 0 Å². The largest absolute Gasteiger partial charge is 0.492 e. The van der Waals surface area contributed by atoms with Gasteiger partial charge in [-0.1, -0.05) is 48.6 Å². The highest BCUT2D eigenvalue weighted by Gasteiger charge is 2.60. The Morgan fingerprint density at radius 3 is 2.46 bits per heavy atom. The van der Waals surface area contributed by atoms with Crippen molar-refractivity contribution in [1.29, 1.82) is 0 Å². The zero-order chi connectivity index (χ0) is 39.9. The van der Waals surface area contributed by atoms with Gasteiger partial charge in [-0.05, 0) is 83.6 Å². The first-order valence-corrected chi connectivity index (χ1v) is 19.4. The number of fused-ring (bicyclic) bond motifs is 1. The average Bonchev–Trinajstić information content (AvgIpc) is 3.38. The van der Waals surface area contributed by atoms with Crippen molar-refractivity contribution >= 4 is 51.2 Å². The smallest absolute Gasteiger partial charge is 0.282 e. The van der Waals surface area contributed by atoms with Crippen molar-refractivity contribution in [3.05, 3.63) is 116 Å². The Balaban J connectivity index is 0.931. The predicted molar refractivity (Wildman–Crippen MR) is 210 cm³/mol. The molecule has 3 fully saturated rings. The van der Waals surface area contributed by atoms with E-state index in [9.17, 15) is 28.8 Å². The number of aryl methyl sites for hydroxylation is 1. The summed E-state index contributed by atoms with van der Waals surface area (Å²) in [7, 11) is 5.46. The van der Waals surface area contributed by atoms with E-state index in [0.717, 1.165) is 41.1 Å². The highest BCUT2D eigenvalue weighted by Crippen LogP contribution is 2.47. The van der Waals surface area contributed by atoms with Crippen LogP contribution in [0.15, 0.2) is 88.0 Å². The molecule has 0 saturated carbocycles. The van der Waals surface area contributed by atoms with Crippen LogP contribution in [0.4, 0.5) is 5.69 Å². The number of ether oxygens (including phenoxy) is 1. The number of nitrogens with zero attached hydrogens (tertiary/aromatic N) is 5. The predicted octanol–water partition coefficient (Wildman–Crippen LogP) is 3.48. The molecular formula is C41H44BrN7O7. The van der Waals surface area contributed by atoms with Crippen LogP contribution < -0.4 is 16.2 Å². The lowest BCUT2D eigenvalue weighted by atomic mass is 9.75. The van der Waals surface area contributed by atoms with Gasteiger partial charge in [-0.3, -0.25) is 39.0 Å². The Morgan fingerprint density at radius 2 is 1.75 bits per heavy atom. The number of aromatic nitrogens is 2. The Bertz CT molecular complexity index is 2200. The van der Waals surface area contributed by atoms with Crippen LogP contribution in [-0.2, 0) is 44.1 Å². The van der Waals surface area contributed by atoms with Gasteiger partial charge in [0.15, 0.2) is 0 Å². The van der Waals surface area contributed by atoms with Gasteiger partial charge in [-0.2, -0.15) is 5.10 Å². The number of anilines is 1. The van der Waals surface area contributed by atoms with Crippen molar-refractivity contribution in [2.24, 2.45) is 18.4 Å². The summed E-state index contributed by atoms with van der Waals surface area (Å²) in [5.74, 6) is -2.54. The number of likely N-dealkylation sites (tertiary alicyclic amines) is 2. The van der Waals surface area contributed by atoms with Crippen molar-refractivity contribution in [2.45, 2.75) is 57.3 Å². The first-order chi connectivity index (χ1) is 26.7. The lowest BCUT2D eigenvalue weighted by Crippen LogP contribution is -2.54. The van der Waals surface area contributed by atoms with Crippen LogP contribution in [0.25, 0.3) is 0 Å². The number of piperidine rings is 2. The molecule has 3 aromatic rings. The minimum Gasteiger partial charge on any atom is -0.492 e. The molecule has 5 atom stereocenters. The average molecular weight is 827 g/mol. The Kier molecular flexibility index (Phi) is 10.8. The van der Waals surface area contributed by atoms with Crippen molar-refractivity contribution in [2.75, 3.05) is 32.5 Å². The summed E-state index contributed by atoms with van der Waals surface area (Å²) in [5, 5.41) is 9.86. The van der Waals surface area contributed by atoms with Crippen LogP contribution >= 0.6 is 15.9 Å². The number of imide groups is 2. The second-order valence-electron chi connectivity index (χ2n) is 15.3. The highest BCUT2D eigenvalue weighted by atomic mass is 79.9. The zero-order valence-corrected chi connectivity index (χ0v) is 33.2. The molecule has 3 unspecified atom stereocenters. The van der Waals surface area contributed by atoms with E-state index in [4.69, 9.17) is 4.74 Å². The number of nitrogens with one attached hydrogen (secondary N) is 2. The Morgan fingerprint density at radius 1 is 1.04 bits per heavy atom. The van der Waals surface area contributed by atoms with Crippen LogP contribution in [-0.4, -0.2) is 93.3 Å². The molecule has 0 bridgehead atoms. The maximum Gasteiger partial charge on any atom is 0.282 e. The monoisotopic (exact) mass is 825 g/mol. The van der Waals surface area contributed by atoms with Gasteiger partial charge in [0.2, 0.25) is 23.6 Å². The first-order valence-electron chi connectivity index (χ1n) is 18.6. The van der Waals surface area contributed by atoms with E-state index in [1.165, 1.54) is 4.68 Å². The van der Waals surface area contributed by atoms with Crippen molar-refractivity contribution in [3.63, 3.8) is 0 Å². The topological polar surface area (TPSA) is 163 Å². The molecule has 292 valence electrons. The molecule has 1 aromatic heterocycles. The van der Waals surface area contributed by atoms with Gasteiger partial charge in [0.05, 0.1) is 17.3 Å². The van der Waals surface area contributed by atoms with Crippen LogP contribution in [0.1, 0.15) is 59.2 Å². The summed E-state index contributed by atoms with van der Waals surface area (Å²) in [6.07, 6.45) is 7.67. The van der Waals surface area contributed by atoms with Crippen molar-refractivity contribution in [1.82, 2.24) is 29.8 Å². The maximum absolute atomic E-state index is 13.6. The second kappa shape index (κ2) is 15.6. The van der Waals surface area contributed by atoms with E-state index in [-0.39, 0.29) is 42.9 Å². The number of carbonyl (C=O) groups is 5. The van der Waals surface area contributed by atoms with Gasteiger partial charge in [-0.15, -0.1) is 0 Å². The molecule has 4 heterocycles. The first kappa shape index (κ1) is 38.8. The van der Waals surface area contributed by atoms with E-state index in [2.05, 4.69) is 43.6 Å².